The van der Waals surface area contributed by atoms with Gasteiger partial charge in [-0.05, 0) is 95.4 Å². The Balaban J connectivity index is 1.43. The van der Waals surface area contributed by atoms with Crippen molar-refractivity contribution in [3.63, 3.8) is 0 Å². The lowest BCUT2D eigenvalue weighted by Crippen LogP contribution is -2.44. The first-order valence-corrected chi connectivity index (χ1v) is 8.26. The smallest absolute Gasteiger partial charge is 0.00966 e. The molecular weight excluding hydrogens is 218 g/mol. The van der Waals surface area contributed by atoms with Crippen LogP contribution in [0.4, 0.5) is 0 Å². The van der Waals surface area contributed by atoms with Crippen molar-refractivity contribution in [2.75, 3.05) is 6.54 Å². The van der Waals surface area contributed by atoms with Crippen LogP contribution >= 0.6 is 0 Å². The molecule has 1 heteroatoms. The predicted octanol–water partition coefficient (Wildman–Crippen LogP) is 4.23. The Hall–Kier alpha value is -0.0400. The van der Waals surface area contributed by atoms with Crippen LogP contribution in [0, 0.1) is 29.6 Å². The Labute approximate surface area is 113 Å². The van der Waals surface area contributed by atoms with Crippen LogP contribution in [0.3, 0.4) is 0 Å². The van der Waals surface area contributed by atoms with Gasteiger partial charge in [0.25, 0.3) is 0 Å². The molecule has 0 amide bonds. The average Bonchev–Trinajstić information content (AvgIpc) is 2.84. The molecule has 0 spiro atoms. The summed E-state index contributed by atoms with van der Waals surface area (Å²) in [5, 5.41) is 3.71. The first kappa shape index (κ1) is 13.0. The van der Waals surface area contributed by atoms with Gasteiger partial charge in [0.05, 0.1) is 0 Å². The fourth-order valence-corrected chi connectivity index (χ4v) is 4.71. The first-order valence-electron chi connectivity index (χ1n) is 8.26. The maximum absolute atomic E-state index is 3.71. The highest BCUT2D eigenvalue weighted by Crippen LogP contribution is 2.52. The molecule has 5 unspecified atom stereocenters. The Morgan fingerprint density at radius 2 is 1.67 bits per heavy atom. The Bertz CT molecular complexity index is 290. The molecule has 0 radical (unpaired) electrons. The minimum absolute atomic E-state index is 0.298. The third-order valence-electron chi connectivity index (χ3n) is 5.96. The summed E-state index contributed by atoms with van der Waals surface area (Å²) in [5.74, 6) is 5.43. The normalized spacial score (nSPS) is 43.2. The molecule has 0 heterocycles. The molecule has 0 aromatic rings. The highest BCUT2D eigenvalue weighted by molar-refractivity contribution is 4.94. The van der Waals surface area contributed by atoms with Crippen molar-refractivity contribution in [1.29, 1.82) is 0 Å². The van der Waals surface area contributed by atoms with Crippen LogP contribution in [-0.4, -0.2) is 12.1 Å². The summed E-state index contributed by atoms with van der Waals surface area (Å²) in [6, 6.07) is 0. The Morgan fingerprint density at radius 3 is 2.17 bits per heavy atom. The summed E-state index contributed by atoms with van der Waals surface area (Å²) < 4.78 is 0. The number of fused-ring (bicyclic) bond motifs is 2. The second-order valence-corrected chi connectivity index (χ2v) is 8.40. The molecule has 1 nitrogen and oxygen atoms in total. The van der Waals surface area contributed by atoms with Gasteiger partial charge in [0.1, 0.15) is 0 Å². The van der Waals surface area contributed by atoms with E-state index in [2.05, 4.69) is 26.1 Å². The molecule has 0 aliphatic heterocycles. The molecular formula is C17H31N. The van der Waals surface area contributed by atoms with Gasteiger partial charge in [0.2, 0.25) is 0 Å². The zero-order valence-electron chi connectivity index (χ0n) is 12.5. The van der Waals surface area contributed by atoms with Crippen LogP contribution in [0.5, 0.6) is 0 Å². The third-order valence-corrected chi connectivity index (χ3v) is 5.96. The molecule has 18 heavy (non-hydrogen) atoms. The van der Waals surface area contributed by atoms with E-state index < -0.39 is 0 Å². The second kappa shape index (κ2) is 4.81. The molecule has 5 atom stereocenters. The lowest BCUT2D eigenvalue weighted by atomic mass is 9.67. The van der Waals surface area contributed by atoms with E-state index in [4.69, 9.17) is 0 Å². The SMILES string of the molecule is CC(C)(C)NCC1CCC1CC1CC2CCC1C2. The maximum Gasteiger partial charge on any atom is 0.00966 e. The number of hydrogen-bond acceptors (Lipinski definition) is 1. The second-order valence-electron chi connectivity index (χ2n) is 8.40. The summed E-state index contributed by atoms with van der Waals surface area (Å²) in [5.41, 5.74) is 0.298. The predicted molar refractivity (Wildman–Crippen MR) is 77.5 cm³/mol. The van der Waals surface area contributed by atoms with Crippen LogP contribution in [0.25, 0.3) is 0 Å². The fraction of sp³-hybridized carbons (Fsp3) is 1.00. The minimum Gasteiger partial charge on any atom is -0.312 e. The van der Waals surface area contributed by atoms with Gasteiger partial charge in [-0.3, -0.25) is 0 Å². The third kappa shape index (κ3) is 2.76. The number of nitrogens with one attached hydrogen (secondary N) is 1. The van der Waals surface area contributed by atoms with Gasteiger partial charge in [0.15, 0.2) is 0 Å². The zero-order chi connectivity index (χ0) is 12.8. The minimum atomic E-state index is 0.298. The molecule has 3 saturated carbocycles. The van der Waals surface area contributed by atoms with Crippen LogP contribution < -0.4 is 5.32 Å². The summed E-state index contributed by atoms with van der Waals surface area (Å²) in [6.45, 7) is 8.12. The highest BCUT2D eigenvalue weighted by Gasteiger charge is 2.42. The monoisotopic (exact) mass is 249 g/mol. The van der Waals surface area contributed by atoms with Crippen molar-refractivity contribution in [1.82, 2.24) is 5.32 Å². The van der Waals surface area contributed by atoms with Crippen molar-refractivity contribution in [2.45, 2.75) is 71.3 Å². The van der Waals surface area contributed by atoms with Crippen LogP contribution in [-0.2, 0) is 0 Å². The van der Waals surface area contributed by atoms with E-state index in [1.807, 2.05) is 0 Å². The molecule has 3 fully saturated rings. The Kier molecular flexibility index (Phi) is 3.47. The topological polar surface area (TPSA) is 12.0 Å². The summed E-state index contributed by atoms with van der Waals surface area (Å²) in [6.07, 6.45) is 10.9. The van der Waals surface area contributed by atoms with E-state index in [1.165, 1.54) is 19.4 Å². The summed E-state index contributed by atoms with van der Waals surface area (Å²) >= 11 is 0. The largest absolute Gasteiger partial charge is 0.312 e. The molecule has 1 N–H and O–H groups in total. The first-order chi connectivity index (χ1) is 8.51. The Morgan fingerprint density at radius 1 is 0.889 bits per heavy atom. The van der Waals surface area contributed by atoms with Crippen LogP contribution in [0.1, 0.15) is 65.7 Å². The van der Waals surface area contributed by atoms with E-state index >= 15 is 0 Å². The molecule has 2 bridgehead atoms. The fourth-order valence-electron chi connectivity index (χ4n) is 4.71. The lowest BCUT2D eigenvalue weighted by molar-refractivity contribution is 0.113. The maximum atomic E-state index is 3.71. The van der Waals surface area contributed by atoms with Gasteiger partial charge in [-0.1, -0.05) is 6.42 Å². The molecule has 0 saturated heterocycles. The standard InChI is InChI=1S/C17H31N/c1-17(2,3)18-11-15-7-6-14(15)10-16-9-12-4-5-13(16)8-12/h12-16,18H,4-11H2,1-3H3. The van der Waals surface area contributed by atoms with Crippen LogP contribution in [0.15, 0.2) is 0 Å². The molecule has 3 aliphatic carbocycles. The van der Waals surface area contributed by atoms with E-state index in [0.29, 0.717) is 5.54 Å². The van der Waals surface area contributed by atoms with Gasteiger partial charge in [0, 0.05) is 5.54 Å². The quantitative estimate of drug-likeness (QED) is 0.786. The molecule has 0 aromatic carbocycles. The van der Waals surface area contributed by atoms with Gasteiger partial charge >= 0.3 is 0 Å². The number of hydrogen-bond donors (Lipinski definition) is 1. The molecule has 3 rings (SSSR count). The number of rotatable bonds is 4. The highest BCUT2D eigenvalue weighted by atomic mass is 14.9. The van der Waals surface area contributed by atoms with Crippen molar-refractivity contribution in [3.8, 4) is 0 Å². The van der Waals surface area contributed by atoms with E-state index in [9.17, 15) is 0 Å². The van der Waals surface area contributed by atoms with Crippen molar-refractivity contribution >= 4 is 0 Å². The van der Waals surface area contributed by atoms with E-state index in [-0.39, 0.29) is 0 Å². The van der Waals surface area contributed by atoms with Crippen molar-refractivity contribution in [3.05, 3.63) is 0 Å². The average molecular weight is 249 g/mol. The van der Waals surface area contributed by atoms with Gasteiger partial charge in [-0.25, -0.2) is 0 Å². The van der Waals surface area contributed by atoms with Crippen molar-refractivity contribution in [2.24, 2.45) is 29.6 Å². The lowest BCUT2D eigenvalue weighted by Gasteiger charge is -2.41. The molecule has 0 aromatic heterocycles. The molecule has 104 valence electrons. The van der Waals surface area contributed by atoms with Gasteiger partial charge in [-0.2, -0.15) is 0 Å². The summed E-state index contributed by atoms with van der Waals surface area (Å²) in [7, 11) is 0. The zero-order valence-corrected chi connectivity index (χ0v) is 12.5. The van der Waals surface area contributed by atoms with Gasteiger partial charge < -0.3 is 5.32 Å². The van der Waals surface area contributed by atoms with E-state index in [0.717, 1.165) is 29.6 Å². The van der Waals surface area contributed by atoms with Crippen LogP contribution in [0.2, 0.25) is 0 Å². The summed E-state index contributed by atoms with van der Waals surface area (Å²) in [4.78, 5) is 0. The molecule has 3 aliphatic rings. The van der Waals surface area contributed by atoms with Gasteiger partial charge in [-0.15, -0.1) is 0 Å². The van der Waals surface area contributed by atoms with E-state index in [1.54, 1.807) is 32.1 Å². The van der Waals surface area contributed by atoms with Crippen molar-refractivity contribution < 1.29 is 0 Å².